The van der Waals surface area contributed by atoms with Crippen molar-refractivity contribution < 1.29 is 9.84 Å². The number of hydrogen-bond donors (Lipinski definition) is 1. The van der Waals surface area contributed by atoms with Crippen LogP contribution >= 0.6 is 23.2 Å². The number of hydrogen-bond acceptors (Lipinski definition) is 6. The molecule has 2 atom stereocenters. The lowest BCUT2D eigenvalue weighted by molar-refractivity contribution is 0.0100. The highest BCUT2D eigenvalue weighted by atomic mass is 35.5. The predicted octanol–water partition coefficient (Wildman–Crippen LogP) is 5.04. The summed E-state index contributed by atoms with van der Waals surface area (Å²) in [5, 5.41) is 22.3. The molecule has 6 nitrogen and oxygen atoms in total. The lowest BCUT2D eigenvalue weighted by atomic mass is 9.94. The molecule has 2 heterocycles. The first-order valence-electron chi connectivity index (χ1n) is 11.0. The molecule has 2 aromatic carbocycles. The van der Waals surface area contributed by atoms with Gasteiger partial charge in [0.05, 0.1) is 30.0 Å². The molecule has 1 fully saturated rings. The minimum atomic E-state index is -1.10. The van der Waals surface area contributed by atoms with E-state index in [2.05, 4.69) is 20.9 Å². The van der Waals surface area contributed by atoms with Crippen molar-refractivity contribution in [2.75, 3.05) is 38.2 Å². The summed E-state index contributed by atoms with van der Waals surface area (Å²) in [6.07, 6.45) is 1.64. The van der Waals surface area contributed by atoms with E-state index >= 15 is 0 Å². The van der Waals surface area contributed by atoms with Gasteiger partial charge in [0.25, 0.3) is 0 Å². The van der Waals surface area contributed by atoms with E-state index in [9.17, 15) is 10.4 Å². The van der Waals surface area contributed by atoms with Crippen LogP contribution in [0.15, 0.2) is 60.8 Å². The van der Waals surface area contributed by atoms with Gasteiger partial charge in [-0.3, -0.25) is 4.90 Å². The van der Waals surface area contributed by atoms with Gasteiger partial charge in [-0.2, -0.15) is 5.26 Å². The summed E-state index contributed by atoms with van der Waals surface area (Å²) in [4.78, 5) is 8.62. The normalized spacial score (nSPS) is 18.2. The zero-order chi connectivity index (χ0) is 24.3. The van der Waals surface area contributed by atoms with Gasteiger partial charge >= 0.3 is 0 Å². The number of piperazine rings is 1. The molecule has 1 aromatic heterocycles. The van der Waals surface area contributed by atoms with Crippen molar-refractivity contribution >= 4 is 28.9 Å². The molecule has 0 bridgehead atoms. The molecule has 8 heteroatoms. The fourth-order valence-corrected chi connectivity index (χ4v) is 4.77. The maximum absolute atomic E-state index is 11.3. The van der Waals surface area contributed by atoms with Gasteiger partial charge < -0.3 is 14.7 Å². The number of nitriles is 1. The van der Waals surface area contributed by atoms with Crippen LogP contribution < -0.4 is 9.64 Å². The third-order valence-corrected chi connectivity index (χ3v) is 6.69. The molecule has 0 amide bonds. The minimum absolute atomic E-state index is 0.0398. The van der Waals surface area contributed by atoms with Crippen molar-refractivity contribution in [3.8, 4) is 11.9 Å². The molecule has 176 valence electrons. The molecule has 0 unspecified atom stereocenters. The third kappa shape index (κ3) is 5.29. The fraction of sp³-hybridized carbons (Fsp3) is 0.308. The first-order valence-corrected chi connectivity index (χ1v) is 11.7. The van der Waals surface area contributed by atoms with Crippen LogP contribution in [0.25, 0.3) is 0 Å². The topological polar surface area (TPSA) is 72.6 Å². The summed E-state index contributed by atoms with van der Waals surface area (Å²) in [5.74, 6) is 0.466. The van der Waals surface area contributed by atoms with E-state index in [1.165, 1.54) is 0 Å². The Balaban J connectivity index is 1.63. The van der Waals surface area contributed by atoms with Gasteiger partial charge in [0, 0.05) is 48.5 Å². The number of ether oxygens (including phenoxy) is 1. The van der Waals surface area contributed by atoms with E-state index in [1.54, 1.807) is 32.4 Å². The quantitative estimate of drug-likeness (QED) is 0.515. The molecule has 0 radical (unpaired) electrons. The van der Waals surface area contributed by atoms with Crippen LogP contribution in [0.5, 0.6) is 5.88 Å². The van der Waals surface area contributed by atoms with E-state index in [0.29, 0.717) is 41.1 Å². The average molecular weight is 497 g/mol. The minimum Gasteiger partial charge on any atom is -0.481 e. The molecule has 0 saturated carbocycles. The van der Waals surface area contributed by atoms with Gasteiger partial charge in [0.2, 0.25) is 5.88 Å². The Kier molecular flexibility index (Phi) is 7.30. The molecule has 4 rings (SSSR count). The SMILES string of the molecule is COc1cc([C@](C)(O)CN2CCN(c3ccc(Cl)cc3C#N)[C@H](c3ccc(Cl)cc3)C2)ccn1. The second kappa shape index (κ2) is 10.2. The van der Waals surface area contributed by atoms with Crippen LogP contribution in [0.4, 0.5) is 5.69 Å². The summed E-state index contributed by atoms with van der Waals surface area (Å²) in [5.41, 5.74) is 2.11. The molecular formula is C26H26Cl2N4O2. The van der Waals surface area contributed by atoms with Crippen LogP contribution in [-0.2, 0) is 5.60 Å². The molecule has 1 N–H and O–H groups in total. The Hall–Kier alpha value is -2.82. The molecule has 1 saturated heterocycles. The average Bonchev–Trinajstić information content (AvgIpc) is 2.84. The van der Waals surface area contributed by atoms with Gasteiger partial charge in [-0.05, 0) is 54.4 Å². The Labute approximate surface area is 209 Å². The zero-order valence-electron chi connectivity index (χ0n) is 19.1. The van der Waals surface area contributed by atoms with E-state index in [0.717, 1.165) is 23.4 Å². The largest absolute Gasteiger partial charge is 0.481 e. The lowest BCUT2D eigenvalue weighted by Gasteiger charge is -2.45. The zero-order valence-corrected chi connectivity index (χ0v) is 20.6. The van der Waals surface area contributed by atoms with Gasteiger partial charge in [-0.15, -0.1) is 0 Å². The van der Waals surface area contributed by atoms with Gasteiger partial charge in [-0.25, -0.2) is 4.98 Å². The number of aliphatic hydroxyl groups is 1. The van der Waals surface area contributed by atoms with Gasteiger partial charge in [0.1, 0.15) is 6.07 Å². The second-order valence-electron chi connectivity index (χ2n) is 8.63. The van der Waals surface area contributed by atoms with Crippen molar-refractivity contribution in [1.82, 2.24) is 9.88 Å². The van der Waals surface area contributed by atoms with Crippen LogP contribution in [0.2, 0.25) is 10.0 Å². The van der Waals surface area contributed by atoms with Crippen molar-refractivity contribution in [3.63, 3.8) is 0 Å². The molecule has 1 aliphatic heterocycles. The molecule has 0 aliphatic carbocycles. The number of rotatable bonds is 6. The number of nitrogens with zero attached hydrogens (tertiary/aromatic N) is 4. The molecular weight excluding hydrogens is 471 g/mol. The van der Waals surface area contributed by atoms with E-state index in [-0.39, 0.29) is 6.04 Å². The highest BCUT2D eigenvalue weighted by molar-refractivity contribution is 6.31. The summed E-state index contributed by atoms with van der Waals surface area (Å²) in [7, 11) is 1.56. The van der Waals surface area contributed by atoms with Crippen LogP contribution in [0.3, 0.4) is 0 Å². The smallest absolute Gasteiger partial charge is 0.213 e. The molecule has 1 aliphatic rings. The summed E-state index contributed by atoms with van der Waals surface area (Å²) < 4.78 is 5.23. The van der Waals surface area contributed by atoms with E-state index in [4.69, 9.17) is 27.9 Å². The van der Waals surface area contributed by atoms with E-state index < -0.39 is 5.60 Å². The van der Waals surface area contributed by atoms with Crippen molar-refractivity contribution in [2.24, 2.45) is 0 Å². The second-order valence-corrected chi connectivity index (χ2v) is 9.50. The number of benzene rings is 2. The van der Waals surface area contributed by atoms with Crippen LogP contribution in [0.1, 0.15) is 29.7 Å². The monoisotopic (exact) mass is 496 g/mol. The Morgan fingerprint density at radius 2 is 1.85 bits per heavy atom. The standard InChI is InChI=1S/C26H26Cl2N4O2/c1-26(33,20-9-10-30-25(14-20)34-2)17-31-11-12-32(23-8-7-22(28)13-19(23)15-29)24(16-31)18-3-5-21(27)6-4-18/h3-10,13-14,24,33H,11-12,16-17H2,1-2H3/t24-,26+/m0/s1. The Morgan fingerprint density at radius 1 is 1.12 bits per heavy atom. The van der Waals surface area contributed by atoms with Crippen molar-refractivity contribution in [2.45, 2.75) is 18.6 Å². The highest BCUT2D eigenvalue weighted by Gasteiger charge is 2.34. The van der Waals surface area contributed by atoms with Crippen molar-refractivity contribution in [3.05, 3.63) is 87.5 Å². The number of aromatic nitrogens is 1. The van der Waals surface area contributed by atoms with E-state index in [1.807, 2.05) is 42.5 Å². The maximum Gasteiger partial charge on any atom is 0.213 e. The maximum atomic E-state index is 11.3. The molecule has 3 aromatic rings. The first-order chi connectivity index (χ1) is 16.3. The number of methoxy groups -OCH3 is 1. The summed E-state index contributed by atoms with van der Waals surface area (Å²) in [6, 6.07) is 19.0. The molecule has 34 heavy (non-hydrogen) atoms. The van der Waals surface area contributed by atoms with Crippen LogP contribution in [-0.4, -0.2) is 48.3 Å². The van der Waals surface area contributed by atoms with Gasteiger partial charge in [0.15, 0.2) is 0 Å². The molecule has 0 spiro atoms. The van der Waals surface area contributed by atoms with Gasteiger partial charge in [-0.1, -0.05) is 35.3 Å². The predicted molar refractivity (Wildman–Crippen MR) is 135 cm³/mol. The number of β-amino-alcohol motifs (C(OH)–C–C–N with tert-alkyl or cyclic N) is 1. The lowest BCUT2D eigenvalue weighted by Crippen LogP contribution is -2.52. The van der Waals surface area contributed by atoms with Crippen molar-refractivity contribution in [1.29, 1.82) is 5.26 Å². The number of halogens is 2. The summed E-state index contributed by atoms with van der Waals surface area (Å²) >= 11 is 12.3. The Bertz CT molecular complexity index is 1190. The Morgan fingerprint density at radius 3 is 2.56 bits per heavy atom. The number of anilines is 1. The van der Waals surface area contributed by atoms with Crippen LogP contribution in [0, 0.1) is 11.3 Å². The highest BCUT2D eigenvalue weighted by Crippen LogP contribution is 2.35. The first kappa shape index (κ1) is 24.3. The fourth-order valence-electron chi connectivity index (χ4n) is 4.47. The summed E-state index contributed by atoms with van der Waals surface area (Å²) in [6.45, 7) is 4.30. The number of pyridine rings is 1. The third-order valence-electron chi connectivity index (χ3n) is 6.21.